The number of carbonyl (C=O) groups is 2. The highest BCUT2D eigenvalue weighted by Crippen LogP contribution is 2.29. The maximum atomic E-state index is 14.3. The molecule has 3 rings (SSSR count). The summed E-state index contributed by atoms with van der Waals surface area (Å²) >= 11 is 0. The van der Waals surface area contributed by atoms with Crippen molar-refractivity contribution in [3.63, 3.8) is 0 Å². The van der Waals surface area contributed by atoms with E-state index in [1.54, 1.807) is 25.1 Å². The molecule has 0 saturated heterocycles. The van der Waals surface area contributed by atoms with Crippen LogP contribution in [-0.4, -0.2) is 29.8 Å². The number of carbonyl (C=O) groups excluding carboxylic acids is 2. The minimum atomic E-state index is -0.732. The molecule has 0 aromatic heterocycles. The van der Waals surface area contributed by atoms with Crippen LogP contribution in [0.15, 0.2) is 84.9 Å². The van der Waals surface area contributed by atoms with Crippen molar-refractivity contribution in [2.75, 3.05) is 7.05 Å². The smallest absolute Gasteiger partial charge is 0.242 e. The summed E-state index contributed by atoms with van der Waals surface area (Å²) in [7, 11) is 1.53. The number of halogens is 1. The Kier molecular flexibility index (Phi) is 7.55. The minimum absolute atomic E-state index is 0.0242. The number of amides is 2. The lowest BCUT2D eigenvalue weighted by Gasteiger charge is -2.30. The molecule has 2 amide bonds. The first-order valence-corrected chi connectivity index (χ1v) is 10.4. The van der Waals surface area contributed by atoms with E-state index < -0.39 is 11.9 Å². The predicted octanol–water partition coefficient (Wildman–Crippen LogP) is 4.51. The largest absolute Gasteiger partial charge is 0.357 e. The van der Waals surface area contributed by atoms with Crippen LogP contribution < -0.4 is 5.32 Å². The van der Waals surface area contributed by atoms with Gasteiger partial charge < -0.3 is 10.2 Å². The molecule has 3 aromatic carbocycles. The second-order valence-corrected chi connectivity index (χ2v) is 7.48. The van der Waals surface area contributed by atoms with Crippen LogP contribution in [0.3, 0.4) is 0 Å². The van der Waals surface area contributed by atoms with E-state index in [1.165, 1.54) is 18.0 Å². The minimum Gasteiger partial charge on any atom is -0.357 e. The van der Waals surface area contributed by atoms with Crippen molar-refractivity contribution in [2.24, 2.45) is 0 Å². The Morgan fingerprint density at radius 1 is 0.871 bits per heavy atom. The lowest BCUT2D eigenvalue weighted by atomic mass is 9.88. The van der Waals surface area contributed by atoms with Gasteiger partial charge in [0.1, 0.15) is 11.9 Å². The van der Waals surface area contributed by atoms with Crippen molar-refractivity contribution in [3.8, 4) is 0 Å². The zero-order valence-corrected chi connectivity index (χ0v) is 17.8. The van der Waals surface area contributed by atoms with Crippen molar-refractivity contribution in [2.45, 2.75) is 31.8 Å². The molecule has 3 aromatic rings. The maximum Gasteiger partial charge on any atom is 0.242 e. The number of rotatable bonds is 8. The van der Waals surface area contributed by atoms with Gasteiger partial charge in [0.15, 0.2) is 0 Å². The fraction of sp³-hybridized carbons (Fsp3) is 0.231. The van der Waals surface area contributed by atoms with Crippen LogP contribution in [0.5, 0.6) is 0 Å². The van der Waals surface area contributed by atoms with Gasteiger partial charge in [-0.05, 0) is 24.1 Å². The maximum absolute atomic E-state index is 14.3. The molecule has 160 valence electrons. The van der Waals surface area contributed by atoms with E-state index in [9.17, 15) is 14.0 Å². The van der Waals surface area contributed by atoms with Crippen LogP contribution in [-0.2, 0) is 16.1 Å². The number of nitrogens with one attached hydrogen (secondary N) is 1. The predicted molar refractivity (Wildman–Crippen MR) is 120 cm³/mol. The molecule has 0 heterocycles. The normalized spacial score (nSPS) is 11.7. The van der Waals surface area contributed by atoms with Crippen LogP contribution in [0.1, 0.15) is 36.0 Å². The van der Waals surface area contributed by atoms with Gasteiger partial charge in [-0.3, -0.25) is 9.59 Å². The molecule has 0 bridgehead atoms. The second-order valence-electron chi connectivity index (χ2n) is 7.48. The third kappa shape index (κ3) is 5.57. The Bertz CT molecular complexity index is 969. The molecule has 0 aliphatic carbocycles. The second kappa shape index (κ2) is 10.5. The van der Waals surface area contributed by atoms with Gasteiger partial charge in [-0.1, -0.05) is 78.9 Å². The van der Waals surface area contributed by atoms with Crippen LogP contribution in [0.4, 0.5) is 4.39 Å². The number of nitrogens with zero attached hydrogens (tertiary/aromatic N) is 1. The van der Waals surface area contributed by atoms with Crippen LogP contribution >= 0.6 is 0 Å². The van der Waals surface area contributed by atoms with E-state index in [0.717, 1.165) is 11.1 Å². The molecule has 0 aliphatic heterocycles. The lowest BCUT2D eigenvalue weighted by molar-refractivity contribution is -0.140. The Morgan fingerprint density at radius 3 is 1.90 bits per heavy atom. The molecule has 5 heteroatoms. The molecule has 1 atom stereocenters. The molecule has 31 heavy (non-hydrogen) atoms. The van der Waals surface area contributed by atoms with E-state index >= 15 is 0 Å². The summed E-state index contributed by atoms with van der Waals surface area (Å²) in [4.78, 5) is 27.3. The van der Waals surface area contributed by atoms with Crippen LogP contribution in [0.25, 0.3) is 0 Å². The number of likely N-dealkylation sites (N-methyl/N-ethyl adjacent to an activating group) is 1. The highest BCUT2D eigenvalue weighted by molar-refractivity contribution is 5.87. The molecule has 0 fully saturated rings. The molecular formula is C26H27FN2O2. The SMILES string of the molecule is CNC(=O)[C@@H](C)N(Cc1ccccc1F)C(=O)CC(c1ccccc1)c1ccccc1. The quantitative estimate of drug-likeness (QED) is 0.585. The Hall–Kier alpha value is -3.47. The topological polar surface area (TPSA) is 49.4 Å². The Morgan fingerprint density at radius 2 is 1.39 bits per heavy atom. The summed E-state index contributed by atoms with van der Waals surface area (Å²) in [6.07, 6.45) is 0.170. The van der Waals surface area contributed by atoms with Gasteiger partial charge >= 0.3 is 0 Å². The molecule has 1 N–H and O–H groups in total. The van der Waals surface area contributed by atoms with Crippen LogP contribution in [0, 0.1) is 5.82 Å². The van der Waals surface area contributed by atoms with E-state index in [1.807, 2.05) is 60.7 Å². The summed E-state index contributed by atoms with van der Waals surface area (Å²) in [5.41, 5.74) is 2.41. The third-order valence-corrected chi connectivity index (χ3v) is 5.49. The summed E-state index contributed by atoms with van der Waals surface area (Å²) in [6.45, 7) is 1.69. The molecule has 0 radical (unpaired) electrons. The molecule has 0 spiro atoms. The third-order valence-electron chi connectivity index (χ3n) is 5.49. The van der Waals surface area contributed by atoms with Gasteiger partial charge in [0.2, 0.25) is 11.8 Å². The van der Waals surface area contributed by atoms with Gasteiger partial charge in [0, 0.05) is 31.5 Å². The first-order valence-electron chi connectivity index (χ1n) is 10.4. The van der Waals surface area contributed by atoms with Crippen molar-refractivity contribution in [1.82, 2.24) is 10.2 Å². The van der Waals surface area contributed by atoms with E-state index in [4.69, 9.17) is 0 Å². The molecular weight excluding hydrogens is 391 g/mol. The average molecular weight is 419 g/mol. The van der Waals surface area contributed by atoms with E-state index in [2.05, 4.69) is 5.32 Å². The number of benzene rings is 3. The van der Waals surface area contributed by atoms with Gasteiger partial charge in [0.25, 0.3) is 0 Å². The van der Waals surface area contributed by atoms with Crippen molar-refractivity contribution in [3.05, 3.63) is 107 Å². The molecule has 0 aliphatic rings. The average Bonchev–Trinajstić information content (AvgIpc) is 2.82. The lowest BCUT2D eigenvalue weighted by Crippen LogP contribution is -2.47. The van der Waals surface area contributed by atoms with Gasteiger partial charge in [-0.15, -0.1) is 0 Å². The Labute approximate surface area is 182 Å². The summed E-state index contributed by atoms with van der Waals surface area (Å²) < 4.78 is 14.3. The monoisotopic (exact) mass is 418 g/mol. The molecule has 0 saturated carbocycles. The molecule has 0 unspecified atom stereocenters. The van der Waals surface area contributed by atoms with E-state index in [0.29, 0.717) is 5.56 Å². The standard InChI is InChI=1S/C26H27FN2O2/c1-19(26(31)28-2)29(18-22-15-9-10-16-24(22)27)25(30)17-23(20-11-5-3-6-12-20)21-13-7-4-8-14-21/h3-16,19,23H,17-18H2,1-2H3,(H,28,31)/t19-/m1/s1. The fourth-order valence-corrected chi connectivity index (χ4v) is 3.69. The molecule has 4 nitrogen and oxygen atoms in total. The first-order chi connectivity index (χ1) is 15.0. The van der Waals surface area contributed by atoms with Gasteiger partial charge in [-0.2, -0.15) is 0 Å². The summed E-state index contributed by atoms with van der Waals surface area (Å²) in [5.74, 6) is -1.07. The zero-order valence-electron chi connectivity index (χ0n) is 17.8. The highest BCUT2D eigenvalue weighted by atomic mass is 19.1. The first kappa shape index (κ1) is 22.2. The summed E-state index contributed by atoms with van der Waals surface area (Å²) in [6, 6.07) is 25.2. The van der Waals surface area contributed by atoms with Gasteiger partial charge in [0.05, 0.1) is 0 Å². The number of hydrogen-bond donors (Lipinski definition) is 1. The van der Waals surface area contributed by atoms with E-state index in [-0.39, 0.29) is 30.7 Å². The van der Waals surface area contributed by atoms with Crippen molar-refractivity contribution < 1.29 is 14.0 Å². The summed E-state index contributed by atoms with van der Waals surface area (Å²) in [5, 5.41) is 2.59. The highest BCUT2D eigenvalue weighted by Gasteiger charge is 2.29. The van der Waals surface area contributed by atoms with Gasteiger partial charge in [-0.25, -0.2) is 4.39 Å². The van der Waals surface area contributed by atoms with Crippen molar-refractivity contribution in [1.29, 1.82) is 0 Å². The Balaban J connectivity index is 1.93. The number of hydrogen-bond acceptors (Lipinski definition) is 2. The zero-order chi connectivity index (χ0) is 22.2. The van der Waals surface area contributed by atoms with Crippen LogP contribution in [0.2, 0.25) is 0 Å². The van der Waals surface area contributed by atoms with Crippen molar-refractivity contribution >= 4 is 11.8 Å². The fourth-order valence-electron chi connectivity index (χ4n) is 3.69.